The lowest BCUT2D eigenvalue weighted by molar-refractivity contribution is 0.509. The first-order valence-corrected chi connectivity index (χ1v) is 11.1. The van der Waals surface area contributed by atoms with E-state index in [4.69, 9.17) is 4.98 Å². The van der Waals surface area contributed by atoms with E-state index in [9.17, 15) is 10.1 Å². The lowest BCUT2D eigenvalue weighted by atomic mass is 9.89. The SMILES string of the molecule is CCn1c(SCc2ccccc2C#N)nc2sc3c(c2c1=O)CC[C@H](C)C3. The maximum Gasteiger partial charge on any atom is 0.263 e. The molecule has 4 nitrogen and oxygen atoms in total. The largest absolute Gasteiger partial charge is 0.287 e. The quantitative estimate of drug-likeness (QED) is 0.472. The summed E-state index contributed by atoms with van der Waals surface area (Å²) in [4.78, 5) is 20.3. The Morgan fingerprint density at radius 1 is 1.41 bits per heavy atom. The third-order valence-electron chi connectivity index (χ3n) is 5.19. The van der Waals surface area contributed by atoms with Gasteiger partial charge >= 0.3 is 0 Å². The van der Waals surface area contributed by atoms with E-state index in [1.54, 1.807) is 15.9 Å². The number of hydrogen-bond acceptors (Lipinski definition) is 5. The second-order valence-electron chi connectivity index (χ2n) is 7.03. The number of benzene rings is 1. The molecule has 1 aromatic carbocycles. The molecule has 6 heteroatoms. The van der Waals surface area contributed by atoms with E-state index < -0.39 is 0 Å². The number of aromatic nitrogens is 2. The van der Waals surface area contributed by atoms with Crippen LogP contribution in [0.5, 0.6) is 0 Å². The average molecular weight is 396 g/mol. The molecule has 3 aromatic rings. The maximum atomic E-state index is 13.2. The molecule has 1 atom stereocenters. The molecule has 0 amide bonds. The summed E-state index contributed by atoms with van der Waals surface area (Å²) in [6.45, 7) is 4.87. The van der Waals surface area contributed by atoms with Crippen molar-refractivity contribution in [2.24, 2.45) is 5.92 Å². The Bertz CT molecular complexity index is 1110. The highest BCUT2D eigenvalue weighted by Gasteiger charge is 2.24. The van der Waals surface area contributed by atoms with E-state index in [2.05, 4.69) is 13.0 Å². The molecule has 2 aromatic heterocycles. The number of thiophene rings is 1. The van der Waals surface area contributed by atoms with Gasteiger partial charge in [0.2, 0.25) is 0 Å². The van der Waals surface area contributed by atoms with Crippen LogP contribution in [-0.2, 0) is 25.1 Å². The van der Waals surface area contributed by atoms with Crippen LogP contribution < -0.4 is 5.56 Å². The first-order chi connectivity index (χ1) is 13.1. The van der Waals surface area contributed by atoms with Crippen LogP contribution in [0.3, 0.4) is 0 Å². The van der Waals surface area contributed by atoms with Crippen molar-refractivity contribution in [3.8, 4) is 6.07 Å². The van der Waals surface area contributed by atoms with Crippen LogP contribution in [0.15, 0.2) is 34.2 Å². The number of rotatable bonds is 4. The first kappa shape index (κ1) is 18.3. The smallest absolute Gasteiger partial charge is 0.263 e. The molecule has 0 aliphatic heterocycles. The molecule has 4 rings (SSSR count). The average Bonchev–Trinajstić information content (AvgIpc) is 3.04. The van der Waals surface area contributed by atoms with Crippen molar-refractivity contribution in [2.45, 2.75) is 50.6 Å². The molecule has 0 spiro atoms. The van der Waals surface area contributed by atoms with E-state index >= 15 is 0 Å². The van der Waals surface area contributed by atoms with E-state index in [0.29, 0.717) is 23.8 Å². The van der Waals surface area contributed by atoms with Crippen molar-refractivity contribution in [1.29, 1.82) is 5.26 Å². The number of nitrogens with zero attached hydrogens (tertiary/aromatic N) is 3. The molecule has 0 fully saturated rings. The normalized spacial score (nSPS) is 16.3. The molecule has 1 aliphatic carbocycles. The van der Waals surface area contributed by atoms with Crippen molar-refractivity contribution in [3.63, 3.8) is 0 Å². The summed E-state index contributed by atoms with van der Waals surface area (Å²) in [6.07, 6.45) is 3.19. The van der Waals surface area contributed by atoms with Crippen LogP contribution in [0.25, 0.3) is 10.2 Å². The molecular weight excluding hydrogens is 374 g/mol. The van der Waals surface area contributed by atoms with E-state index in [0.717, 1.165) is 40.2 Å². The summed E-state index contributed by atoms with van der Waals surface area (Å²) >= 11 is 3.23. The fourth-order valence-corrected chi connectivity index (χ4v) is 6.18. The third kappa shape index (κ3) is 3.30. The van der Waals surface area contributed by atoms with Crippen molar-refractivity contribution >= 4 is 33.3 Å². The van der Waals surface area contributed by atoms with Crippen molar-refractivity contribution in [2.75, 3.05) is 0 Å². The van der Waals surface area contributed by atoms with Crippen LogP contribution in [0.2, 0.25) is 0 Å². The second-order valence-corrected chi connectivity index (χ2v) is 9.06. The summed E-state index contributed by atoms with van der Waals surface area (Å²) in [5.74, 6) is 1.30. The standard InChI is InChI=1S/C21H21N3OS2/c1-3-24-20(25)18-16-9-8-13(2)10-17(16)27-19(18)23-21(24)26-12-15-7-5-4-6-14(15)11-22/h4-7,13H,3,8-10,12H2,1-2H3/t13-/m0/s1. The van der Waals surface area contributed by atoms with Crippen molar-refractivity contribution in [1.82, 2.24) is 9.55 Å². The van der Waals surface area contributed by atoms with E-state index in [1.165, 1.54) is 22.2 Å². The Morgan fingerprint density at radius 3 is 3.00 bits per heavy atom. The van der Waals surface area contributed by atoms with Gasteiger partial charge in [0, 0.05) is 17.2 Å². The van der Waals surface area contributed by atoms with Gasteiger partial charge < -0.3 is 0 Å². The number of fused-ring (bicyclic) bond motifs is 3. The van der Waals surface area contributed by atoms with Crippen LogP contribution in [0.4, 0.5) is 0 Å². The summed E-state index contributed by atoms with van der Waals surface area (Å²) in [6, 6.07) is 9.84. The van der Waals surface area contributed by atoms with Crippen LogP contribution >= 0.6 is 23.1 Å². The predicted molar refractivity (Wildman–Crippen MR) is 111 cm³/mol. The van der Waals surface area contributed by atoms with E-state index in [-0.39, 0.29) is 5.56 Å². The Hall–Kier alpha value is -2.10. The second kappa shape index (κ2) is 7.49. The van der Waals surface area contributed by atoms with Crippen LogP contribution in [-0.4, -0.2) is 9.55 Å². The van der Waals surface area contributed by atoms with Gasteiger partial charge in [-0.3, -0.25) is 9.36 Å². The zero-order valence-electron chi connectivity index (χ0n) is 15.5. The number of nitriles is 1. The lowest BCUT2D eigenvalue weighted by Gasteiger charge is -2.17. The fourth-order valence-electron chi connectivity index (χ4n) is 3.69. The molecule has 0 saturated carbocycles. The zero-order valence-corrected chi connectivity index (χ0v) is 17.1. The van der Waals surface area contributed by atoms with Gasteiger partial charge in [-0.1, -0.05) is 36.9 Å². The fraction of sp³-hybridized carbons (Fsp3) is 0.381. The Kier molecular flexibility index (Phi) is 5.07. The minimum absolute atomic E-state index is 0.0885. The van der Waals surface area contributed by atoms with Crippen LogP contribution in [0, 0.1) is 17.2 Å². The van der Waals surface area contributed by atoms with Gasteiger partial charge in [-0.05, 0) is 49.3 Å². The Balaban J connectivity index is 1.75. The summed E-state index contributed by atoms with van der Waals surface area (Å²) in [7, 11) is 0. The molecule has 27 heavy (non-hydrogen) atoms. The van der Waals surface area contributed by atoms with E-state index in [1.807, 2.05) is 31.2 Å². The molecule has 138 valence electrons. The van der Waals surface area contributed by atoms with Gasteiger partial charge in [-0.15, -0.1) is 11.3 Å². The van der Waals surface area contributed by atoms with Crippen LogP contribution in [0.1, 0.15) is 41.8 Å². The highest BCUT2D eigenvalue weighted by molar-refractivity contribution is 7.98. The zero-order chi connectivity index (χ0) is 19.0. The van der Waals surface area contributed by atoms with Gasteiger partial charge in [0.05, 0.1) is 17.0 Å². The first-order valence-electron chi connectivity index (χ1n) is 9.28. The topological polar surface area (TPSA) is 58.7 Å². The van der Waals surface area contributed by atoms with Crippen molar-refractivity contribution < 1.29 is 0 Å². The minimum atomic E-state index is 0.0885. The molecule has 0 bridgehead atoms. The molecule has 0 N–H and O–H groups in total. The summed E-state index contributed by atoms with van der Waals surface area (Å²) < 4.78 is 1.78. The predicted octanol–water partition coefficient (Wildman–Crippen LogP) is 4.77. The summed E-state index contributed by atoms with van der Waals surface area (Å²) in [5, 5.41) is 10.9. The molecule has 0 unspecified atom stereocenters. The Labute approximate surface area is 166 Å². The lowest BCUT2D eigenvalue weighted by Crippen LogP contribution is -2.23. The highest BCUT2D eigenvalue weighted by Crippen LogP contribution is 2.36. The monoisotopic (exact) mass is 395 g/mol. The maximum absolute atomic E-state index is 13.2. The number of aryl methyl sites for hydroxylation is 1. The molecule has 2 heterocycles. The van der Waals surface area contributed by atoms with Gasteiger partial charge in [0.15, 0.2) is 5.16 Å². The van der Waals surface area contributed by atoms with Gasteiger partial charge in [0.1, 0.15) is 4.83 Å². The molecule has 1 aliphatic rings. The molecular formula is C21H21N3OS2. The minimum Gasteiger partial charge on any atom is -0.287 e. The molecule has 0 radical (unpaired) electrons. The van der Waals surface area contributed by atoms with Crippen molar-refractivity contribution in [3.05, 3.63) is 56.2 Å². The Morgan fingerprint density at radius 2 is 2.22 bits per heavy atom. The summed E-state index contributed by atoms with van der Waals surface area (Å²) in [5.41, 5.74) is 2.98. The third-order valence-corrected chi connectivity index (χ3v) is 7.36. The number of thioether (sulfide) groups is 1. The number of hydrogen-bond donors (Lipinski definition) is 0. The highest BCUT2D eigenvalue weighted by atomic mass is 32.2. The van der Waals surface area contributed by atoms with Gasteiger partial charge in [0.25, 0.3) is 5.56 Å². The van der Waals surface area contributed by atoms with Gasteiger partial charge in [-0.25, -0.2) is 4.98 Å². The molecule has 0 saturated heterocycles. The van der Waals surface area contributed by atoms with Gasteiger partial charge in [-0.2, -0.15) is 5.26 Å².